The average Bonchev–Trinajstić information content (AvgIpc) is 3.03. The molecule has 0 aromatic heterocycles. The molecule has 0 amide bonds. The second kappa shape index (κ2) is 7.89. The third-order valence-electron chi connectivity index (χ3n) is 5.85. The van der Waals surface area contributed by atoms with E-state index in [9.17, 15) is 9.90 Å². The second-order valence-electron chi connectivity index (χ2n) is 8.00. The van der Waals surface area contributed by atoms with Gasteiger partial charge in [-0.05, 0) is 42.3 Å². The van der Waals surface area contributed by atoms with Crippen LogP contribution in [0.25, 0.3) is 6.08 Å². The Hall–Kier alpha value is -2.83. The number of ketones is 1. The van der Waals surface area contributed by atoms with Crippen molar-refractivity contribution in [3.05, 3.63) is 58.3 Å². The van der Waals surface area contributed by atoms with Crippen molar-refractivity contribution in [3.8, 4) is 17.2 Å². The zero-order valence-corrected chi connectivity index (χ0v) is 17.2. The van der Waals surface area contributed by atoms with Crippen LogP contribution in [0.15, 0.2) is 36.1 Å². The van der Waals surface area contributed by atoms with E-state index in [1.54, 1.807) is 19.3 Å². The number of phenols is 1. The topological polar surface area (TPSA) is 64.6 Å². The maximum absolute atomic E-state index is 13.1. The molecule has 0 aliphatic carbocycles. The van der Waals surface area contributed by atoms with Crippen LogP contribution >= 0.6 is 0 Å². The van der Waals surface area contributed by atoms with E-state index in [1.165, 1.54) is 9.80 Å². The van der Waals surface area contributed by atoms with Gasteiger partial charge in [0, 0.05) is 0 Å². The maximum Gasteiger partial charge on any atom is 0.232 e. The van der Waals surface area contributed by atoms with Crippen LogP contribution in [0, 0.1) is 6.92 Å². The highest BCUT2D eigenvalue weighted by atomic mass is 16.5. The van der Waals surface area contributed by atoms with Crippen LogP contribution in [0.4, 0.5) is 0 Å². The van der Waals surface area contributed by atoms with Crippen molar-refractivity contribution < 1.29 is 29.2 Å². The van der Waals surface area contributed by atoms with Crippen LogP contribution in [0.5, 0.6) is 17.2 Å². The third kappa shape index (κ3) is 3.86. The van der Waals surface area contributed by atoms with E-state index >= 15 is 0 Å². The summed E-state index contributed by atoms with van der Waals surface area (Å²) in [6.07, 6.45) is 1.73. The first-order chi connectivity index (χ1) is 14.0. The molecule has 0 spiro atoms. The monoisotopic (exact) mass is 396 g/mol. The largest absolute Gasteiger partial charge is 0.507 e. The van der Waals surface area contributed by atoms with Gasteiger partial charge in [-0.2, -0.15) is 0 Å². The molecule has 6 nitrogen and oxygen atoms in total. The van der Waals surface area contributed by atoms with E-state index < -0.39 is 0 Å². The molecule has 0 atom stereocenters. The minimum atomic E-state index is -0.139. The van der Waals surface area contributed by atoms with Crippen molar-refractivity contribution >= 4 is 11.9 Å². The number of rotatable bonds is 4. The summed E-state index contributed by atoms with van der Waals surface area (Å²) >= 11 is 0. The first-order valence-corrected chi connectivity index (χ1v) is 10.0. The van der Waals surface area contributed by atoms with Crippen molar-refractivity contribution in [3.63, 3.8) is 0 Å². The predicted octanol–water partition coefficient (Wildman–Crippen LogP) is 0.239. The minimum absolute atomic E-state index is 0.139. The Kier molecular flexibility index (Phi) is 5.30. The zero-order chi connectivity index (χ0) is 20.5. The van der Waals surface area contributed by atoms with Crippen molar-refractivity contribution in [2.24, 2.45) is 0 Å². The van der Waals surface area contributed by atoms with Gasteiger partial charge < -0.3 is 24.4 Å². The van der Waals surface area contributed by atoms with Gasteiger partial charge >= 0.3 is 0 Å². The van der Waals surface area contributed by atoms with Crippen LogP contribution in [0.1, 0.15) is 27.0 Å². The summed E-state index contributed by atoms with van der Waals surface area (Å²) < 4.78 is 11.3. The Morgan fingerprint density at radius 3 is 2.69 bits per heavy atom. The Labute approximate surface area is 171 Å². The summed E-state index contributed by atoms with van der Waals surface area (Å²) in [4.78, 5) is 16.0. The van der Waals surface area contributed by atoms with Gasteiger partial charge in [-0.1, -0.05) is 12.1 Å². The van der Waals surface area contributed by atoms with E-state index in [0.29, 0.717) is 17.9 Å². The number of aryl methyl sites for hydroxylation is 1. The number of allylic oxidation sites excluding steroid dienone is 1. The predicted molar refractivity (Wildman–Crippen MR) is 110 cm³/mol. The Bertz CT molecular complexity index is 975. The van der Waals surface area contributed by atoms with Crippen LogP contribution < -0.4 is 19.3 Å². The summed E-state index contributed by atoms with van der Waals surface area (Å²) in [5.41, 5.74) is 2.85. The van der Waals surface area contributed by atoms with E-state index in [-0.39, 0.29) is 17.3 Å². The SMILES string of the molecule is COc1cccc(/C=C2\Oc3c(C[NH+]4CC[NH+](C)CC4)c(O)cc(C)c3C2=O)c1. The van der Waals surface area contributed by atoms with Crippen molar-refractivity contribution in [2.75, 3.05) is 40.3 Å². The molecule has 1 fully saturated rings. The summed E-state index contributed by atoms with van der Waals surface area (Å²) in [5, 5.41) is 10.6. The Morgan fingerprint density at radius 1 is 1.21 bits per heavy atom. The number of likely N-dealkylation sites (N-methyl/N-ethyl adjacent to an activating group) is 1. The quantitative estimate of drug-likeness (QED) is 0.648. The lowest BCUT2D eigenvalue weighted by Gasteiger charge is -2.27. The maximum atomic E-state index is 13.1. The lowest BCUT2D eigenvalue weighted by atomic mass is 9.99. The van der Waals surface area contributed by atoms with Gasteiger partial charge in [-0.25, -0.2) is 0 Å². The zero-order valence-electron chi connectivity index (χ0n) is 17.2. The number of benzene rings is 2. The number of carbonyl (C=O) groups excluding carboxylic acids is 1. The Morgan fingerprint density at radius 2 is 1.97 bits per heavy atom. The lowest BCUT2D eigenvalue weighted by molar-refractivity contribution is -1.01. The van der Waals surface area contributed by atoms with E-state index in [1.807, 2.05) is 31.2 Å². The van der Waals surface area contributed by atoms with Gasteiger partial charge in [0.2, 0.25) is 5.78 Å². The molecule has 0 unspecified atom stereocenters. The number of nitrogens with one attached hydrogen (secondary N) is 2. The normalized spacial score (nSPS) is 22.4. The first kappa shape index (κ1) is 19.5. The molecule has 3 N–H and O–H groups in total. The average molecular weight is 396 g/mol. The van der Waals surface area contributed by atoms with Gasteiger partial charge in [-0.15, -0.1) is 0 Å². The van der Waals surface area contributed by atoms with Gasteiger partial charge in [-0.3, -0.25) is 4.79 Å². The molecule has 0 radical (unpaired) electrons. The molecule has 4 rings (SSSR count). The molecule has 2 heterocycles. The number of piperazine rings is 1. The highest BCUT2D eigenvalue weighted by molar-refractivity contribution is 6.15. The number of quaternary nitrogens is 2. The number of hydrogen-bond acceptors (Lipinski definition) is 4. The number of carbonyl (C=O) groups is 1. The standard InChI is InChI=1S/C23H26N2O4/c1-15-11-19(26)18(14-25-9-7-24(2)8-10-25)23-21(15)22(27)20(29-23)13-16-5-4-6-17(12-16)28-3/h4-6,11-13,26H,7-10,14H2,1-3H3/p+2/b20-13-. The molecular formula is C23H28N2O4+2. The molecule has 1 saturated heterocycles. The van der Waals surface area contributed by atoms with Crippen LogP contribution in [-0.4, -0.2) is 51.2 Å². The molecule has 2 aliphatic rings. The third-order valence-corrected chi connectivity index (χ3v) is 5.85. The van der Waals surface area contributed by atoms with Crippen LogP contribution in [-0.2, 0) is 6.54 Å². The molecule has 2 aromatic carbocycles. The summed E-state index contributed by atoms with van der Waals surface area (Å²) in [6, 6.07) is 9.17. The number of Topliss-reactive ketones (excluding diaryl/α,β-unsaturated/α-hetero) is 1. The molecule has 152 valence electrons. The molecule has 29 heavy (non-hydrogen) atoms. The van der Waals surface area contributed by atoms with Gasteiger partial charge in [0.05, 0.1) is 25.3 Å². The van der Waals surface area contributed by atoms with Crippen molar-refractivity contribution in [1.82, 2.24) is 0 Å². The summed E-state index contributed by atoms with van der Waals surface area (Å²) in [7, 11) is 3.81. The summed E-state index contributed by atoms with van der Waals surface area (Å²) in [5.74, 6) is 1.58. The van der Waals surface area contributed by atoms with E-state index in [2.05, 4.69) is 7.05 Å². The van der Waals surface area contributed by atoms with Gasteiger partial charge in [0.1, 0.15) is 44.2 Å². The fourth-order valence-electron chi connectivity index (χ4n) is 4.09. The second-order valence-corrected chi connectivity index (χ2v) is 8.00. The lowest BCUT2D eigenvalue weighted by Crippen LogP contribution is -3.26. The number of ether oxygens (including phenoxy) is 2. The van der Waals surface area contributed by atoms with E-state index in [0.717, 1.165) is 48.6 Å². The smallest absolute Gasteiger partial charge is 0.232 e. The highest BCUT2D eigenvalue weighted by Gasteiger charge is 2.35. The van der Waals surface area contributed by atoms with E-state index in [4.69, 9.17) is 9.47 Å². The van der Waals surface area contributed by atoms with Gasteiger partial charge in [0.25, 0.3) is 0 Å². The number of aromatic hydroxyl groups is 1. The molecule has 6 heteroatoms. The summed E-state index contributed by atoms with van der Waals surface area (Å²) in [6.45, 7) is 6.77. The number of methoxy groups -OCH3 is 1. The number of fused-ring (bicyclic) bond motifs is 1. The number of hydrogen-bond donors (Lipinski definition) is 3. The fraction of sp³-hybridized carbons (Fsp3) is 0.348. The molecule has 0 bridgehead atoms. The van der Waals surface area contributed by atoms with Gasteiger partial charge in [0.15, 0.2) is 11.5 Å². The van der Waals surface area contributed by atoms with Crippen LogP contribution in [0.3, 0.4) is 0 Å². The molecule has 0 saturated carbocycles. The fourth-order valence-corrected chi connectivity index (χ4v) is 4.09. The van der Waals surface area contributed by atoms with Crippen molar-refractivity contribution in [1.29, 1.82) is 0 Å². The molecule has 2 aromatic rings. The van der Waals surface area contributed by atoms with Crippen molar-refractivity contribution in [2.45, 2.75) is 13.5 Å². The highest BCUT2D eigenvalue weighted by Crippen LogP contribution is 2.41. The minimum Gasteiger partial charge on any atom is -0.507 e. The van der Waals surface area contributed by atoms with Crippen LogP contribution in [0.2, 0.25) is 0 Å². The molecular weight excluding hydrogens is 368 g/mol. The molecule has 2 aliphatic heterocycles. The number of phenolic OH excluding ortho intramolecular Hbond substituents is 1. The first-order valence-electron chi connectivity index (χ1n) is 10.0. The Balaban J connectivity index is 1.67.